The van der Waals surface area contributed by atoms with Crippen LogP contribution in [0.3, 0.4) is 0 Å². The van der Waals surface area contributed by atoms with Crippen molar-refractivity contribution in [1.29, 1.82) is 0 Å². The molecule has 1 aliphatic rings. The van der Waals surface area contributed by atoms with Gasteiger partial charge in [-0.15, -0.1) is 0 Å². The molecule has 0 bridgehead atoms. The molecule has 0 aliphatic carbocycles. The third-order valence-electron chi connectivity index (χ3n) is 4.68. The fourth-order valence-electron chi connectivity index (χ4n) is 3.17. The van der Waals surface area contributed by atoms with E-state index in [0.29, 0.717) is 18.7 Å². The van der Waals surface area contributed by atoms with E-state index in [1.54, 1.807) is 24.0 Å². The molecular formula is C20H19ClF3N3O2. The van der Waals surface area contributed by atoms with Gasteiger partial charge in [-0.25, -0.2) is 0 Å². The second-order valence-electron chi connectivity index (χ2n) is 6.81. The molecular weight excluding hydrogens is 407 g/mol. The molecule has 0 saturated heterocycles. The Morgan fingerprint density at radius 2 is 1.90 bits per heavy atom. The Kier molecular flexibility index (Phi) is 5.75. The molecule has 1 aliphatic heterocycles. The average Bonchev–Trinajstić information content (AvgIpc) is 3.06. The van der Waals surface area contributed by atoms with Crippen molar-refractivity contribution in [2.75, 3.05) is 22.1 Å². The summed E-state index contributed by atoms with van der Waals surface area (Å²) in [6.07, 6.45) is -3.82. The van der Waals surface area contributed by atoms with Gasteiger partial charge in [0.05, 0.1) is 16.3 Å². The summed E-state index contributed by atoms with van der Waals surface area (Å²) in [4.78, 5) is 25.7. The lowest BCUT2D eigenvalue weighted by Crippen LogP contribution is -2.32. The highest BCUT2D eigenvalue weighted by Gasteiger charge is 2.31. The number of amides is 2. The summed E-state index contributed by atoms with van der Waals surface area (Å²) in [6.45, 7) is 3.71. The van der Waals surface area contributed by atoms with Crippen LogP contribution in [-0.4, -0.2) is 24.4 Å². The van der Waals surface area contributed by atoms with Gasteiger partial charge in [-0.1, -0.05) is 11.6 Å². The van der Waals surface area contributed by atoms with E-state index in [1.807, 2.05) is 6.07 Å². The molecule has 0 aromatic heterocycles. The first kappa shape index (κ1) is 21.0. The summed E-state index contributed by atoms with van der Waals surface area (Å²) < 4.78 is 38.6. The van der Waals surface area contributed by atoms with Gasteiger partial charge in [-0.05, 0) is 55.3 Å². The molecule has 2 aromatic carbocycles. The van der Waals surface area contributed by atoms with Gasteiger partial charge in [-0.3, -0.25) is 9.59 Å². The van der Waals surface area contributed by atoms with Crippen LogP contribution in [0.4, 0.5) is 30.2 Å². The largest absolute Gasteiger partial charge is 0.416 e. The van der Waals surface area contributed by atoms with Crippen LogP contribution in [0.1, 0.15) is 25.0 Å². The molecule has 0 spiro atoms. The zero-order chi connectivity index (χ0) is 21.3. The van der Waals surface area contributed by atoms with E-state index in [9.17, 15) is 22.8 Å². The van der Waals surface area contributed by atoms with E-state index < -0.39 is 23.7 Å². The minimum absolute atomic E-state index is 0.0143. The third kappa shape index (κ3) is 4.64. The summed E-state index contributed by atoms with van der Waals surface area (Å²) in [6, 6.07) is 7.44. The molecule has 1 unspecified atom stereocenters. The Balaban J connectivity index is 1.70. The Hall–Kier alpha value is -2.74. The molecule has 0 radical (unpaired) electrons. The van der Waals surface area contributed by atoms with E-state index >= 15 is 0 Å². The maximum absolute atomic E-state index is 12.9. The second-order valence-corrected chi connectivity index (χ2v) is 7.22. The van der Waals surface area contributed by atoms with Crippen LogP contribution in [0.5, 0.6) is 0 Å². The quantitative estimate of drug-likeness (QED) is 0.746. The van der Waals surface area contributed by atoms with Crippen LogP contribution in [0.2, 0.25) is 5.02 Å². The number of halogens is 4. The van der Waals surface area contributed by atoms with Crippen LogP contribution in [0.15, 0.2) is 36.4 Å². The number of alkyl halides is 3. The van der Waals surface area contributed by atoms with Gasteiger partial charge in [0.2, 0.25) is 11.8 Å². The summed E-state index contributed by atoms with van der Waals surface area (Å²) >= 11 is 5.92. The smallest absolute Gasteiger partial charge is 0.374 e. The number of nitrogens with zero attached hydrogens (tertiary/aromatic N) is 1. The van der Waals surface area contributed by atoms with Gasteiger partial charge in [0.15, 0.2) is 0 Å². The minimum Gasteiger partial charge on any atom is -0.374 e. The van der Waals surface area contributed by atoms with E-state index in [4.69, 9.17) is 11.6 Å². The number of hydrogen-bond donors (Lipinski definition) is 2. The molecule has 1 atom stereocenters. The predicted octanol–water partition coefficient (Wildman–Crippen LogP) is 4.71. The first-order chi connectivity index (χ1) is 13.6. The van der Waals surface area contributed by atoms with Crippen molar-refractivity contribution in [3.05, 3.63) is 52.5 Å². The molecule has 154 valence electrons. The number of nitrogens with one attached hydrogen (secondary N) is 2. The fourth-order valence-corrected chi connectivity index (χ4v) is 3.34. The molecule has 2 amide bonds. The summed E-state index contributed by atoms with van der Waals surface area (Å²) in [5, 5.41) is 5.46. The average molecular weight is 426 g/mol. The van der Waals surface area contributed by atoms with Crippen molar-refractivity contribution in [2.24, 2.45) is 0 Å². The number of anilines is 3. The number of benzene rings is 2. The summed E-state index contributed by atoms with van der Waals surface area (Å²) in [5.74, 6) is -0.563. The molecule has 3 rings (SSSR count). The highest BCUT2D eigenvalue weighted by atomic mass is 35.5. The Bertz CT molecular complexity index is 962. The third-order valence-corrected chi connectivity index (χ3v) is 5.01. The highest BCUT2D eigenvalue weighted by molar-refractivity contribution is 6.33. The number of carbonyl (C=O) groups is 2. The number of rotatable bonds is 4. The van der Waals surface area contributed by atoms with Gasteiger partial charge in [0, 0.05) is 24.8 Å². The lowest BCUT2D eigenvalue weighted by Gasteiger charge is -2.18. The van der Waals surface area contributed by atoms with E-state index in [1.165, 1.54) is 6.92 Å². The molecule has 9 heteroatoms. The van der Waals surface area contributed by atoms with Crippen molar-refractivity contribution in [1.82, 2.24) is 0 Å². The molecule has 5 nitrogen and oxygen atoms in total. The Morgan fingerprint density at radius 1 is 1.17 bits per heavy atom. The molecule has 0 saturated carbocycles. The SMILES string of the molecule is CC(=O)N1CCc2cc(NC(C)C(=O)Nc3cc(C(F)(F)F)ccc3Cl)ccc21. The van der Waals surface area contributed by atoms with Crippen LogP contribution < -0.4 is 15.5 Å². The lowest BCUT2D eigenvalue weighted by molar-refractivity contribution is -0.137. The Morgan fingerprint density at radius 3 is 2.55 bits per heavy atom. The molecule has 0 fully saturated rings. The maximum Gasteiger partial charge on any atom is 0.416 e. The van der Waals surface area contributed by atoms with Crippen molar-refractivity contribution < 1.29 is 22.8 Å². The van der Waals surface area contributed by atoms with Crippen molar-refractivity contribution >= 4 is 40.5 Å². The van der Waals surface area contributed by atoms with Crippen LogP contribution >= 0.6 is 11.6 Å². The lowest BCUT2D eigenvalue weighted by atomic mass is 10.1. The summed E-state index contributed by atoms with van der Waals surface area (Å²) in [5.41, 5.74) is 1.50. The van der Waals surface area contributed by atoms with Gasteiger partial charge >= 0.3 is 6.18 Å². The van der Waals surface area contributed by atoms with Gasteiger partial charge in [0.1, 0.15) is 6.04 Å². The van der Waals surface area contributed by atoms with Crippen LogP contribution in [0.25, 0.3) is 0 Å². The standard InChI is InChI=1S/C20H19ClF3N3O2/c1-11(19(29)26-17-10-14(20(22,23)24)3-5-16(17)21)25-15-4-6-18-13(9-15)7-8-27(18)12(2)28/h3-6,9-11,25H,7-8H2,1-2H3,(H,26,29). The van der Waals surface area contributed by atoms with Gasteiger partial charge < -0.3 is 15.5 Å². The summed E-state index contributed by atoms with van der Waals surface area (Å²) in [7, 11) is 0. The van der Waals surface area contributed by atoms with Gasteiger partial charge in [-0.2, -0.15) is 13.2 Å². The van der Waals surface area contributed by atoms with E-state index in [2.05, 4.69) is 10.6 Å². The van der Waals surface area contributed by atoms with Gasteiger partial charge in [0.25, 0.3) is 0 Å². The zero-order valence-corrected chi connectivity index (χ0v) is 16.5. The van der Waals surface area contributed by atoms with Crippen molar-refractivity contribution in [3.8, 4) is 0 Å². The van der Waals surface area contributed by atoms with Crippen molar-refractivity contribution in [3.63, 3.8) is 0 Å². The maximum atomic E-state index is 12.9. The predicted molar refractivity (Wildman–Crippen MR) is 106 cm³/mol. The fraction of sp³-hybridized carbons (Fsp3) is 0.300. The highest BCUT2D eigenvalue weighted by Crippen LogP contribution is 2.34. The molecule has 2 N–H and O–H groups in total. The molecule has 1 heterocycles. The molecule has 29 heavy (non-hydrogen) atoms. The number of hydrogen-bond acceptors (Lipinski definition) is 3. The van der Waals surface area contributed by atoms with E-state index in [0.717, 1.165) is 29.4 Å². The topological polar surface area (TPSA) is 61.4 Å². The monoisotopic (exact) mass is 425 g/mol. The first-order valence-corrected chi connectivity index (χ1v) is 9.29. The Labute approximate surface area is 170 Å². The first-order valence-electron chi connectivity index (χ1n) is 8.91. The van der Waals surface area contributed by atoms with Crippen LogP contribution in [-0.2, 0) is 22.2 Å². The normalized spacial score (nSPS) is 14.3. The number of fused-ring (bicyclic) bond motifs is 1. The zero-order valence-electron chi connectivity index (χ0n) is 15.7. The van der Waals surface area contributed by atoms with E-state index in [-0.39, 0.29) is 16.6 Å². The van der Waals surface area contributed by atoms with Crippen LogP contribution in [0, 0.1) is 0 Å². The molecule has 2 aromatic rings. The number of carbonyl (C=O) groups excluding carboxylic acids is 2. The minimum atomic E-state index is -4.54. The second kappa shape index (κ2) is 7.94. The van der Waals surface area contributed by atoms with Crippen molar-refractivity contribution in [2.45, 2.75) is 32.5 Å².